The van der Waals surface area contributed by atoms with Gasteiger partial charge in [0.1, 0.15) is 5.52 Å². The van der Waals surface area contributed by atoms with E-state index in [0.717, 1.165) is 61.6 Å². The molecular formula is C22H25N5O3. The molecule has 2 fully saturated rings. The Kier molecular flexibility index (Phi) is 5.23. The topological polar surface area (TPSA) is 83.7 Å². The Labute approximate surface area is 174 Å². The number of hydrogen-bond acceptors (Lipinski definition) is 7. The number of morpholine rings is 1. The first kappa shape index (κ1) is 18.9. The van der Waals surface area contributed by atoms with Crippen LogP contribution in [-0.2, 0) is 9.53 Å². The van der Waals surface area contributed by atoms with Crippen molar-refractivity contribution in [3.63, 3.8) is 0 Å². The number of para-hydroxylation sites is 2. The van der Waals surface area contributed by atoms with Gasteiger partial charge in [-0.05, 0) is 37.1 Å². The van der Waals surface area contributed by atoms with Crippen LogP contribution in [0.2, 0.25) is 0 Å². The molecular weight excluding hydrogens is 382 g/mol. The van der Waals surface area contributed by atoms with E-state index in [4.69, 9.17) is 9.15 Å². The van der Waals surface area contributed by atoms with Crippen molar-refractivity contribution in [3.8, 4) is 0 Å². The molecule has 30 heavy (non-hydrogen) atoms. The molecule has 0 atom stereocenters. The Bertz CT molecular complexity index is 989. The predicted molar refractivity (Wildman–Crippen MR) is 115 cm³/mol. The van der Waals surface area contributed by atoms with Gasteiger partial charge in [-0.15, -0.1) is 0 Å². The molecule has 0 unspecified atom stereocenters. The number of pyridine rings is 1. The van der Waals surface area contributed by atoms with E-state index < -0.39 is 0 Å². The lowest BCUT2D eigenvalue weighted by molar-refractivity contribution is -0.120. The molecule has 8 nitrogen and oxygen atoms in total. The monoisotopic (exact) mass is 407 g/mol. The van der Waals surface area contributed by atoms with E-state index in [-0.39, 0.29) is 11.8 Å². The highest BCUT2D eigenvalue weighted by molar-refractivity contribution is 5.95. The van der Waals surface area contributed by atoms with E-state index >= 15 is 0 Å². The van der Waals surface area contributed by atoms with Gasteiger partial charge in [0.2, 0.25) is 5.91 Å². The minimum absolute atomic E-state index is 0.0385. The number of carbonyl (C=O) groups excluding carboxylic acids is 1. The molecule has 0 radical (unpaired) electrons. The smallest absolute Gasteiger partial charge is 0.298 e. The van der Waals surface area contributed by atoms with Crippen LogP contribution in [0.5, 0.6) is 0 Å². The van der Waals surface area contributed by atoms with Gasteiger partial charge in [0.05, 0.1) is 18.9 Å². The number of anilines is 3. The van der Waals surface area contributed by atoms with Crippen molar-refractivity contribution < 1.29 is 13.9 Å². The molecule has 0 spiro atoms. The fourth-order valence-electron chi connectivity index (χ4n) is 4.08. The largest absolute Gasteiger partial charge is 0.423 e. The predicted octanol–water partition coefficient (Wildman–Crippen LogP) is 2.91. The zero-order valence-corrected chi connectivity index (χ0v) is 16.8. The highest BCUT2D eigenvalue weighted by atomic mass is 16.5. The summed E-state index contributed by atoms with van der Waals surface area (Å²) in [5, 5.41) is 3.11. The van der Waals surface area contributed by atoms with Gasteiger partial charge in [-0.2, -0.15) is 4.98 Å². The van der Waals surface area contributed by atoms with Gasteiger partial charge in [0, 0.05) is 38.3 Å². The van der Waals surface area contributed by atoms with Gasteiger partial charge in [-0.1, -0.05) is 12.1 Å². The first-order chi connectivity index (χ1) is 14.8. The highest BCUT2D eigenvalue weighted by Crippen LogP contribution is 2.28. The SMILES string of the molecule is O=C(Nc1cccnc1N1CCOCC1)C1CCN(c2nc3ccccc3o2)CC1. The second-order valence-corrected chi connectivity index (χ2v) is 7.69. The summed E-state index contributed by atoms with van der Waals surface area (Å²) in [5.41, 5.74) is 2.42. The Morgan fingerprint density at radius 1 is 1.00 bits per heavy atom. The van der Waals surface area contributed by atoms with E-state index in [0.29, 0.717) is 19.2 Å². The zero-order valence-electron chi connectivity index (χ0n) is 16.8. The van der Waals surface area contributed by atoms with Crippen LogP contribution in [0.1, 0.15) is 12.8 Å². The Hall–Kier alpha value is -3.13. The number of amides is 1. The molecule has 1 amide bonds. The van der Waals surface area contributed by atoms with Crippen LogP contribution in [0.25, 0.3) is 11.1 Å². The summed E-state index contributed by atoms with van der Waals surface area (Å²) in [6, 6.07) is 12.2. The summed E-state index contributed by atoms with van der Waals surface area (Å²) in [6.45, 7) is 4.41. The number of piperidine rings is 1. The zero-order chi connectivity index (χ0) is 20.3. The fraction of sp³-hybridized carbons (Fsp3) is 0.409. The van der Waals surface area contributed by atoms with Crippen molar-refractivity contribution >= 4 is 34.5 Å². The molecule has 2 aliphatic rings. The third kappa shape index (κ3) is 3.82. The third-order valence-electron chi connectivity index (χ3n) is 5.77. The number of nitrogens with zero attached hydrogens (tertiary/aromatic N) is 4. The average molecular weight is 407 g/mol. The maximum atomic E-state index is 12.9. The van der Waals surface area contributed by atoms with Crippen LogP contribution in [0.15, 0.2) is 47.0 Å². The molecule has 0 bridgehead atoms. The second-order valence-electron chi connectivity index (χ2n) is 7.69. The Morgan fingerprint density at radius 3 is 2.60 bits per heavy atom. The van der Waals surface area contributed by atoms with Gasteiger partial charge in [0.15, 0.2) is 11.4 Å². The number of carbonyl (C=O) groups is 1. The van der Waals surface area contributed by atoms with E-state index in [9.17, 15) is 4.79 Å². The molecule has 8 heteroatoms. The number of benzene rings is 1. The highest BCUT2D eigenvalue weighted by Gasteiger charge is 2.28. The Balaban J connectivity index is 1.22. The minimum atomic E-state index is -0.0385. The van der Waals surface area contributed by atoms with Crippen LogP contribution < -0.4 is 15.1 Å². The van der Waals surface area contributed by atoms with E-state index in [2.05, 4.69) is 25.1 Å². The molecule has 156 valence electrons. The summed E-state index contributed by atoms with van der Waals surface area (Å²) >= 11 is 0. The van der Waals surface area contributed by atoms with Crippen molar-refractivity contribution in [1.82, 2.24) is 9.97 Å². The minimum Gasteiger partial charge on any atom is -0.423 e. The van der Waals surface area contributed by atoms with Gasteiger partial charge < -0.3 is 24.3 Å². The fourth-order valence-corrected chi connectivity index (χ4v) is 4.08. The van der Waals surface area contributed by atoms with E-state index in [1.165, 1.54) is 0 Å². The molecule has 3 aromatic rings. The first-order valence-electron chi connectivity index (χ1n) is 10.5. The van der Waals surface area contributed by atoms with Crippen LogP contribution in [0, 0.1) is 5.92 Å². The van der Waals surface area contributed by atoms with Crippen molar-refractivity contribution in [2.45, 2.75) is 12.8 Å². The van der Waals surface area contributed by atoms with Crippen LogP contribution in [0.3, 0.4) is 0 Å². The first-order valence-corrected chi connectivity index (χ1v) is 10.5. The van der Waals surface area contributed by atoms with Gasteiger partial charge in [-0.3, -0.25) is 4.79 Å². The second kappa shape index (κ2) is 8.31. The van der Waals surface area contributed by atoms with Crippen LogP contribution in [-0.4, -0.2) is 55.3 Å². The number of oxazole rings is 1. The quantitative estimate of drug-likeness (QED) is 0.712. The van der Waals surface area contributed by atoms with Crippen molar-refractivity contribution in [1.29, 1.82) is 0 Å². The van der Waals surface area contributed by atoms with Crippen molar-refractivity contribution in [3.05, 3.63) is 42.6 Å². The molecule has 0 aliphatic carbocycles. The van der Waals surface area contributed by atoms with Crippen molar-refractivity contribution in [2.75, 3.05) is 54.5 Å². The van der Waals surface area contributed by atoms with Gasteiger partial charge in [0.25, 0.3) is 6.01 Å². The molecule has 2 aliphatic heterocycles. The van der Waals surface area contributed by atoms with Gasteiger partial charge >= 0.3 is 0 Å². The lowest BCUT2D eigenvalue weighted by Crippen LogP contribution is -2.39. The molecule has 1 aromatic carbocycles. The Morgan fingerprint density at radius 2 is 1.80 bits per heavy atom. The molecule has 0 saturated carbocycles. The van der Waals surface area contributed by atoms with E-state index in [1.807, 2.05) is 36.4 Å². The number of rotatable bonds is 4. The summed E-state index contributed by atoms with van der Waals surface area (Å²) < 4.78 is 11.3. The maximum absolute atomic E-state index is 12.9. The summed E-state index contributed by atoms with van der Waals surface area (Å²) in [6.07, 6.45) is 3.29. The third-order valence-corrected chi connectivity index (χ3v) is 5.77. The maximum Gasteiger partial charge on any atom is 0.298 e. The standard InChI is InChI=1S/C22H25N5O3/c28-21(24-18-5-3-9-23-20(18)26-12-14-29-15-13-26)16-7-10-27(11-8-16)22-25-17-4-1-2-6-19(17)30-22/h1-6,9,16H,7-8,10-15H2,(H,24,28). The number of aromatic nitrogens is 2. The molecule has 5 rings (SSSR count). The lowest BCUT2D eigenvalue weighted by atomic mass is 9.96. The summed E-state index contributed by atoms with van der Waals surface area (Å²) in [7, 11) is 0. The van der Waals surface area contributed by atoms with E-state index in [1.54, 1.807) is 6.20 Å². The van der Waals surface area contributed by atoms with Crippen LogP contribution >= 0.6 is 0 Å². The number of fused-ring (bicyclic) bond motifs is 1. The van der Waals surface area contributed by atoms with Crippen LogP contribution in [0.4, 0.5) is 17.5 Å². The average Bonchev–Trinajstić information content (AvgIpc) is 3.24. The molecule has 2 saturated heterocycles. The van der Waals surface area contributed by atoms with Crippen molar-refractivity contribution in [2.24, 2.45) is 5.92 Å². The molecule has 4 heterocycles. The normalized spacial score (nSPS) is 18.0. The van der Waals surface area contributed by atoms with Gasteiger partial charge in [-0.25, -0.2) is 4.98 Å². The molecule has 1 N–H and O–H groups in total. The number of hydrogen-bond donors (Lipinski definition) is 1. The summed E-state index contributed by atoms with van der Waals surface area (Å²) in [4.78, 5) is 26.3. The summed E-state index contributed by atoms with van der Waals surface area (Å²) in [5.74, 6) is 0.830. The number of nitrogens with one attached hydrogen (secondary N) is 1. The molecule has 2 aromatic heterocycles. The number of ether oxygens (including phenoxy) is 1. The lowest BCUT2D eigenvalue weighted by Gasteiger charge is -2.31.